The lowest BCUT2D eigenvalue weighted by molar-refractivity contribution is -0.145. The topological polar surface area (TPSA) is 183 Å². The maximum Gasteiger partial charge on any atom is 0.290 e. The maximum atomic E-state index is 14.1. The van der Waals surface area contributed by atoms with Gasteiger partial charge in [-0.05, 0) is 56.9 Å². The molecule has 6 amide bonds. The van der Waals surface area contributed by atoms with Gasteiger partial charge in [0, 0.05) is 20.6 Å². The van der Waals surface area contributed by atoms with Crippen molar-refractivity contribution in [3.63, 3.8) is 0 Å². The van der Waals surface area contributed by atoms with Gasteiger partial charge in [0.15, 0.2) is 0 Å². The zero-order valence-corrected chi connectivity index (χ0v) is 30.9. The van der Waals surface area contributed by atoms with Gasteiger partial charge >= 0.3 is 0 Å². The molecule has 0 spiro atoms. The number of ether oxygens (including phenoxy) is 1. The van der Waals surface area contributed by atoms with Crippen molar-refractivity contribution in [3.8, 4) is 0 Å². The van der Waals surface area contributed by atoms with Crippen LogP contribution in [0.15, 0.2) is 30.3 Å². The van der Waals surface area contributed by atoms with Gasteiger partial charge in [0.2, 0.25) is 35.3 Å². The number of carbonyl (C=O) groups excluding carboxylic acids is 7. The van der Waals surface area contributed by atoms with E-state index in [2.05, 4.69) is 21.3 Å². The average Bonchev–Trinajstić information content (AvgIpc) is 3.51. The molecule has 1 aliphatic carbocycles. The molecule has 2 unspecified atom stereocenters. The molecule has 2 fully saturated rings. The number of likely N-dealkylation sites (N-methyl/N-ethyl adjacent to an activating group) is 1. The Hall–Kier alpha value is -4.33. The number of hydrogen-bond donors (Lipinski definition) is 4. The van der Waals surface area contributed by atoms with E-state index in [0.717, 1.165) is 32.1 Å². The lowest BCUT2D eigenvalue weighted by atomic mass is 9.83. The number of ketones is 1. The quantitative estimate of drug-likeness (QED) is 0.176. The summed E-state index contributed by atoms with van der Waals surface area (Å²) in [6.45, 7) is 6.86. The zero-order valence-electron chi connectivity index (χ0n) is 30.9. The van der Waals surface area contributed by atoms with E-state index in [0.29, 0.717) is 24.9 Å². The van der Waals surface area contributed by atoms with Crippen molar-refractivity contribution in [1.29, 1.82) is 0 Å². The minimum Gasteiger partial charge on any atom is -0.369 e. The van der Waals surface area contributed by atoms with Crippen molar-refractivity contribution in [1.82, 2.24) is 31.1 Å². The van der Waals surface area contributed by atoms with Gasteiger partial charge in [-0.15, -0.1) is 0 Å². The van der Waals surface area contributed by atoms with Crippen LogP contribution in [0.3, 0.4) is 0 Å². The molecule has 14 nitrogen and oxygen atoms in total. The van der Waals surface area contributed by atoms with E-state index in [-0.39, 0.29) is 42.8 Å². The molecule has 1 aromatic carbocycles. The minimum atomic E-state index is -1.19. The molecule has 5 atom stereocenters. The molecule has 1 aromatic rings. The summed E-state index contributed by atoms with van der Waals surface area (Å²) in [7, 11) is 3.12. The Balaban J connectivity index is 1.68. The zero-order chi connectivity index (χ0) is 37.7. The van der Waals surface area contributed by atoms with E-state index in [4.69, 9.17) is 4.74 Å². The highest BCUT2D eigenvalue weighted by Crippen LogP contribution is 2.31. The third-order valence-electron chi connectivity index (χ3n) is 9.47. The summed E-state index contributed by atoms with van der Waals surface area (Å²) in [6.07, 6.45) is 5.52. The van der Waals surface area contributed by atoms with Crippen molar-refractivity contribution in [2.75, 3.05) is 33.8 Å². The van der Waals surface area contributed by atoms with Gasteiger partial charge in [0.05, 0.1) is 18.7 Å². The van der Waals surface area contributed by atoms with E-state index in [1.54, 1.807) is 51.4 Å². The fourth-order valence-electron chi connectivity index (χ4n) is 6.70. The van der Waals surface area contributed by atoms with Gasteiger partial charge in [-0.2, -0.15) is 0 Å². The third-order valence-corrected chi connectivity index (χ3v) is 9.47. The van der Waals surface area contributed by atoms with Gasteiger partial charge in [-0.3, -0.25) is 33.6 Å². The third kappa shape index (κ3) is 11.9. The van der Waals surface area contributed by atoms with Crippen LogP contribution in [0.5, 0.6) is 0 Å². The molecule has 1 aliphatic heterocycles. The van der Waals surface area contributed by atoms with Crippen molar-refractivity contribution in [2.24, 2.45) is 11.8 Å². The Morgan fingerprint density at radius 3 is 2.18 bits per heavy atom. The van der Waals surface area contributed by atoms with Crippen LogP contribution in [0.25, 0.3) is 0 Å². The molecule has 282 valence electrons. The molecule has 1 heterocycles. The van der Waals surface area contributed by atoms with E-state index < -0.39 is 60.1 Å². The Morgan fingerprint density at radius 2 is 1.57 bits per heavy atom. The summed E-state index contributed by atoms with van der Waals surface area (Å²) in [5.41, 5.74) is 0.555. The average molecular weight is 713 g/mol. The fourth-order valence-corrected chi connectivity index (χ4v) is 6.70. The number of likely N-dealkylation sites (tertiary alicyclic amines) is 1. The van der Waals surface area contributed by atoms with Crippen molar-refractivity contribution < 1.29 is 38.3 Å². The molecule has 0 bridgehead atoms. The van der Waals surface area contributed by atoms with E-state index in [1.165, 1.54) is 9.80 Å². The number of rotatable bonds is 17. The maximum absolute atomic E-state index is 14.1. The van der Waals surface area contributed by atoms with Crippen LogP contribution < -0.4 is 21.3 Å². The van der Waals surface area contributed by atoms with E-state index in [9.17, 15) is 33.6 Å². The van der Waals surface area contributed by atoms with Gasteiger partial charge in [0.25, 0.3) is 5.91 Å². The summed E-state index contributed by atoms with van der Waals surface area (Å²) in [6, 6.07) is 4.74. The molecule has 14 heteroatoms. The van der Waals surface area contributed by atoms with Crippen LogP contribution in [0.2, 0.25) is 0 Å². The number of hydrogen-bond acceptors (Lipinski definition) is 8. The van der Waals surface area contributed by atoms with Crippen LogP contribution >= 0.6 is 0 Å². The van der Waals surface area contributed by atoms with Crippen LogP contribution in [0, 0.1) is 11.8 Å². The number of amides is 6. The summed E-state index contributed by atoms with van der Waals surface area (Å²) in [5, 5.41) is 10.5. The van der Waals surface area contributed by atoms with Crippen LogP contribution in [0.4, 0.5) is 0 Å². The number of nitrogens with zero attached hydrogens (tertiary/aromatic N) is 2. The predicted molar refractivity (Wildman–Crippen MR) is 190 cm³/mol. The van der Waals surface area contributed by atoms with Gasteiger partial charge in [0.1, 0.15) is 24.7 Å². The molecule has 4 N–H and O–H groups in total. The Morgan fingerprint density at radius 1 is 0.902 bits per heavy atom. The number of Topliss-reactive ketones (excluding diaryl/α,β-unsaturated/α-hetero) is 1. The smallest absolute Gasteiger partial charge is 0.290 e. The highest BCUT2D eigenvalue weighted by molar-refractivity contribution is 6.38. The Kier molecular flexibility index (Phi) is 16.0. The highest BCUT2D eigenvalue weighted by atomic mass is 16.5. The van der Waals surface area contributed by atoms with Crippen LogP contribution in [-0.4, -0.2) is 109 Å². The van der Waals surface area contributed by atoms with Gasteiger partial charge in [-0.1, -0.05) is 69.9 Å². The summed E-state index contributed by atoms with van der Waals surface area (Å²) < 4.78 is 5.46. The second kappa shape index (κ2) is 19.9. The van der Waals surface area contributed by atoms with Crippen molar-refractivity contribution in [2.45, 2.75) is 109 Å². The molecular weight excluding hydrogens is 656 g/mol. The summed E-state index contributed by atoms with van der Waals surface area (Å²) >= 11 is 0. The van der Waals surface area contributed by atoms with Gasteiger partial charge in [-0.25, -0.2) is 0 Å². The molecule has 3 rings (SSSR count). The Bertz CT molecular complexity index is 1380. The molecule has 0 aromatic heterocycles. The van der Waals surface area contributed by atoms with Crippen molar-refractivity contribution >= 4 is 41.2 Å². The molecule has 2 aliphatic rings. The second-order valence-corrected chi connectivity index (χ2v) is 14.1. The predicted octanol–water partition coefficient (Wildman–Crippen LogP) is 1.63. The summed E-state index contributed by atoms with van der Waals surface area (Å²) in [5.74, 6) is -4.65. The first-order valence-electron chi connectivity index (χ1n) is 18.1. The second-order valence-electron chi connectivity index (χ2n) is 14.1. The minimum absolute atomic E-state index is 0.0758. The first-order chi connectivity index (χ1) is 24.2. The number of benzene rings is 1. The molecule has 0 radical (unpaired) electrons. The van der Waals surface area contributed by atoms with Crippen molar-refractivity contribution in [3.05, 3.63) is 35.9 Å². The largest absolute Gasteiger partial charge is 0.369 e. The standard InChI is InChI=1S/C37H56N6O8/c1-7-14-27(33(46)35(48)38-21-28(44)40-30(36(49)42(5)6)25-15-10-8-11-16-25)39-34(47)32-24(4)19-20-43(32)37(50)31(26-17-12-9-13-18-26)41-29(45)22-51-23(2)3/h8,10-11,15-16,23-24,26-27,30-32H,7,9,12-14,17-22H2,1-6H3,(H,38,48)(H,39,47)(H,40,44)(H,41,45)/t24-,27?,30?,31-,32-/m0/s1. The van der Waals surface area contributed by atoms with E-state index in [1.807, 2.05) is 20.8 Å². The monoisotopic (exact) mass is 712 g/mol. The van der Waals surface area contributed by atoms with E-state index >= 15 is 0 Å². The van der Waals surface area contributed by atoms with Crippen LogP contribution in [0.1, 0.15) is 90.7 Å². The SMILES string of the molecule is CCCC(NC(=O)[C@@H]1[C@@H](C)CCN1C(=O)[C@@H](NC(=O)COC(C)C)C1CCCCC1)C(=O)C(=O)NCC(=O)NC(C(=O)N(C)C)c1ccccc1. The van der Waals surface area contributed by atoms with Crippen LogP contribution in [-0.2, 0) is 38.3 Å². The molecule has 1 saturated heterocycles. The Labute approximate surface area is 301 Å². The lowest BCUT2D eigenvalue weighted by Crippen LogP contribution is -2.59. The highest BCUT2D eigenvalue weighted by Gasteiger charge is 2.44. The number of nitrogens with one attached hydrogen (secondary N) is 4. The lowest BCUT2D eigenvalue weighted by Gasteiger charge is -2.35. The molecule has 51 heavy (non-hydrogen) atoms. The molecule has 1 saturated carbocycles. The summed E-state index contributed by atoms with van der Waals surface area (Å²) in [4.78, 5) is 95.5. The first-order valence-corrected chi connectivity index (χ1v) is 18.1. The van der Waals surface area contributed by atoms with Gasteiger partial charge < -0.3 is 35.8 Å². The molecular formula is C37H56N6O8. The first kappa shape index (κ1) is 41.1. The fraction of sp³-hybridized carbons (Fsp3) is 0.649. The normalized spacial score (nSPS) is 19.4. The number of carbonyl (C=O) groups is 7.